The van der Waals surface area contributed by atoms with Gasteiger partial charge < -0.3 is 5.32 Å². The van der Waals surface area contributed by atoms with Gasteiger partial charge in [0.1, 0.15) is 0 Å². The molecule has 3 nitrogen and oxygen atoms in total. The third kappa shape index (κ3) is 3.61. The first-order valence-electron chi connectivity index (χ1n) is 7.39. The quantitative estimate of drug-likeness (QED) is 0.928. The van der Waals surface area contributed by atoms with Crippen molar-refractivity contribution in [3.8, 4) is 0 Å². The normalized spacial score (nSPS) is 25.4. The first kappa shape index (κ1) is 15.5. The maximum absolute atomic E-state index is 11.7. The summed E-state index contributed by atoms with van der Waals surface area (Å²) in [6, 6.07) is 7.64. The van der Waals surface area contributed by atoms with Crippen molar-refractivity contribution in [2.24, 2.45) is 11.8 Å². The molecular formula is C16H25NO2S. The SMILES string of the molecule is CNC(c1cccc(S(C)(=O)=O)c1)C1CCCC(C)C1. The van der Waals surface area contributed by atoms with Crippen molar-refractivity contribution in [3.63, 3.8) is 0 Å². The lowest BCUT2D eigenvalue weighted by Gasteiger charge is -2.33. The van der Waals surface area contributed by atoms with Crippen LogP contribution < -0.4 is 5.32 Å². The van der Waals surface area contributed by atoms with Gasteiger partial charge in [-0.1, -0.05) is 31.9 Å². The fraction of sp³-hybridized carbons (Fsp3) is 0.625. The lowest BCUT2D eigenvalue weighted by atomic mass is 9.77. The standard InChI is InChI=1S/C16H25NO2S/c1-12-6-4-7-13(10-12)16(17-2)14-8-5-9-15(11-14)20(3,18)19/h5,8-9,11-13,16-17H,4,6-7,10H2,1-3H3. The highest BCUT2D eigenvalue weighted by atomic mass is 32.2. The minimum Gasteiger partial charge on any atom is -0.313 e. The predicted octanol–water partition coefficient (Wildman–Crippen LogP) is 3.18. The largest absolute Gasteiger partial charge is 0.313 e. The Kier molecular flexibility index (Phi) is 4.86. The van der Waals surface area contributed by atoms with Crippen LogP contribution in [0.3, 0.4) is 0 Å². The van der Waals surface area contributed by atoms with Crippen LogP contribution in [-0.2, 0) is 9.84 Å². The van der Waals surface area contributed by atoms with Crippen LogP contribution in [0, 0.1) is 11.8 Å². The highest BCUT2D eigenvalue weighted by Gasteiger charge is 2.27. The van der Waals surface area contributed by atoms with Crippen molar-refractivity contribution < 1.29 is 8.42 Å². The lowest BCUT2D eigenvalue weighted by molar-refractivity contribution is 0.230. The molecule has 2 rings (SSSR count). The zero-order chi connectivity index (χ0) is 14.8. The maximum Gasteiger partial charge on any atom is 0.175 e. The summed E-state index contributed by atoms with van der Waals surface area (Å²) in [6.07, 6.45) is 6.29. The zero-order valence-corrected chi connectivity index (χ0v) is 13.4. The molecule has 4 heteroatoms. The monoisotopic (exact) mass is 295 g/mol. The van der Waals surface area contributed by atoms with Crippen molar-refractivity contribution in [3.05, 3.63) is 29.8 Å². The molecule has 1 aromatic rings. The van der Waals surface area contributed by atoms with Crippen LogP contribution in [0.4, 0.5) is 0 Å². The number of sulfone groups is 1. The van der Waals surface area contributed by atoms with E-state index in [4.69, 9.17) is 0 Å². The van der Waals surface area contributed by atoms with Gasteiger partial charge in [0.05, 0.1) is 4.90 Å². The van der Waals surface area contributed by atoms with Gasteiger partial charge in [-0.3, -0.25) is 0 Å². The number of benzene rings is 1. The molecule has 0 bridgehead atoms. The number of rotatable bonds is 4. The Morgan fingerprint density at radius 1 is 1.30 bits per heavy atom. The van der Waals surface area contributed by atoms with Gasteiger partial charge in [0.15, 0.2) is 9.84 Å². The summed E-state index contributed by atoms with van der Waals surface area (Å²) >= 11 is 0. The molecule has 0 saturated heterocycles. The van der Waals surface area contributed by atoms with Crippen LogP contribution >= 0.6 is 0 Å². The fourth-order valence-corrected chi connectivity index (χ4v) is 4.07. The Morgan fingerprint density at radius 3 is 2.65 bits per heavy atom. The summed E-state index contributed by atoms with van der Waals surface area (Å²) in [5.41, 5.74) is 1.09. The molecule has 1 aromatic carbocycles. The summed E-state index contributed by atoms with van der Waals surface area (Å²) in [5, 5.41) is 3.39. The van der Waals surface area contributed by atoms with E-state index >= 15 is 0 Å². The fourth-order valence-electron chi connectivity index (χ4n) is 3.40. The van der Waals surface area contributed by atoms with Gasteiger partial charge >= 0.3 is 0 Å². The number of nitrogens with one attached hydrogen (secondary N) is 1. The van der Waals surface area contributed by atoms with Gasteiger partial charge in [-0.15, -0.1) is 0 Å². The highest BCUT2D eigenvalue weighted by Crippen LogP contribution is 2.37. The summed E-state index contributed by atoms with van der Waals surface area (Å²) in [6.45, 7) is 2.31. The first-order chi connectivity index (χ1) is 9.41. The van der Waals surface area contributed by atoms with Crippen molar-refractivity contribution >= 4 is 9.84 Å². The molecule has 0 radical (unpaired) electrons. The molecule has 1 fully saturated rings. The maximum atomic E-state index is 11.7. The minimum absolute atomic E-state index is 0.249. The molecule has 0 amide bonds. The van der Waals surface area contributed by atoms with Crippen LogP contribution in [0.15, 0.2) is 29.2 Å². The van der Waals surface area contributed by atoms with E-state index in [0.29, 0.717) is 10.8 Å². The second kappa shape index (κ2) is 6.27. The van der Waals surface area contributed by atoms with E-state index in [-0.39, 0.29) is 6.04 Å². The number of hydrogen-bond donors (Lipinski definition) is 1. The average molecular weight is 295 g/mol. The van der Waals surface area contributed by atoms with Crippen molar-refractivity contribution in [2.75, 3.05) is 13.3 Å². The molecule has 1 aliphatic carbocycles. The van der Waals surface area contributed by atoms with E-state index in [1.54, 1.807) is 6.07 Å². The Hall–Kier alpha value is -0.870. The molecular weight excluding hydrogens is 270 g/mol. The Morgan fingerprint density at radius 2 is 2.05 bits per heavy atom. The van der Waals surface area contributed by atoms with Crippen LogP contribution in [0.5, 0.6) is 0 Å². The van der Waals surface area contributed by atoms with Gasteiger partial charge in [0.25, 0.3) is 0 Å². The smallest absolute Gasteiger partial charge is 0.175 e. The van der Waals surface area contributed by atoms with Gasteiger partial charge in [-0.2, -0.15) is 0 Å². The van der Waals surface area contributed by atoms with Crippen LogP contribution in [0.25, 0.3) is 0 Å². The third-order valence-corrected chi connectivity index (χ3v) is 5.51. The van der Waals surface area contributed by atoms with Crippen molar-refractivity contribution in [1.82, 2.24) is 5.32 Å². The number of hydrogen-bond acceptors (Lipinski definition) is 3. The summed E-state index contributed by atoms with van der Waals surface area (Å²) in [7, 11) is -1.17. The third-order valence-electron chi connectivity index (χ3n) is 4.40. The minimum atomic E-state index is -3.14. The topological polar surface area (TPSA) is 46.2 Å². The molecule has 1 saturated carbocycles. The molecule has 0 aliphatic heterocycles. The molecule has 0 aromatic heterocycles. The molecule has 20 heavy (non-hydrogen) atoms. The molecule has 0 heterocycles. The van der Waals surface area contributed by atoms with Gasteiger partial charge in [-0.05, 0) is 49.4 Å². The molecule has 0 spiro atoms. The van der Waals surface area contributed by atoms with E-state index < -0.39 is 9.84 Å². The van der Waals surface area contributed by atoms with Crippen molar-refractivity contribution in [1.29, 1.82) is 0 Å². The van der Waals surface area contributed by atoms with Gasteiger partial charge in [-0.25, -0.2) is 8.42 Å². The average Bonchev–Trinajstić information content (AvgIpc) is 2.39. The Bertz CT molecular complexity index is 553. The molecule has 3 atom stereocenters. The van der Waals surface area contributed by atoms with Crippen molar-refractivity contribution in [2.45, 2.75) is 43.5 Å². The zero-order valence-electron chi connectivity index (χ0n) is 12.6. The Labute approximate surface area is 122 Å². The molecule has 1 aliphatic rings. The van der Waals surface area contributed by atoms with E-state index in [1.165, 1.54) is 31.9 Å². The summed E-state index contributed by atoms with van der Waals surface area (Å²) < 4.78 is 23.4. The van der Waals surface area contributed by atoms with Gasteiger partial charge in [0, 0.05) is 12.3 Å². The predicted molar refractivity (Wildman–Crippen MR) is 82.5 cm³/mol. The molecule has 1 N–H and O–H groups in total. The van der Waals surface area contributed by atoms with Crippen LogP contribution in [0.1, 0.15) is 44.2 Å². The van der Waals surface area contributed by atoms with Gasteiger partial charge in [0.2, 0.25) is 0 Å². The van der Waals surface area contributed by atoms with Crippen LogP contribution in [-0.4, -0.2) is 21.7 Å². The van der Waals surface area contributed by atoms with E-state index in [0.717, 1.165) is 11.5 Å². The second-order valence-corrected chi connectivity index (χ2v) is 8.16. The molecule has 112 valence electrons. The first-order valence-corrected chi connectivity index (χ1v) is 9.28. The highest BCUT2D eigenvalue weighted by molar-refractivity contribution is 7.90. The van der Waals surface area contributed by atoms with E-state index in [2.05, 4.69) is 12.2 Å². The summed E-state index contributed by atoms with van der Waals surface area (Å²) in [4.78, 5) is 0.416. The van der Waals surface area contributed by atoms with E-state index in [9.17, 15) is 8.42 Å². The lowest BCUT2D eigenvalue weighted by Crippen LogP contribution is -2.29. The summed E-state index contributed by atoms with van der Waals surface area (Å²) in [5.74, 6) is 1.36. The molecule has 3 unspecified atom stereocenters. The van der Waals surface area contributed by atoms with E-state index in [1.807, 2.05) is 25.2 Å². The Balaban J connectivity index is 2.27. The second-order valence-electron chi connectivity index (χ2n) is 6.14. The van der Waals surface area contributed by atoms with Crippen LogP contribution in [0.2, 0.25) is 0 Å².